The SMILES string of the molecule is Cc1cc(C)n(C(F)C(=O)O)n1. The molecule has 5 heteroatoms. The predicted molar refractivity (Wildman–Crippen MR) is 39.5 cm³/mol. The maximum Gasteiger partial charge on any atom is 0.361 e. The van der Waals surface area contributed by atoms with E-state index in [0.717, 1.165) is 4.68 Å². The summed E-state index contributed by atoms with van der Waals surface area (Å²) in [5.74, 6) is -1.53. The molecule has 1 aromatic rings. The number of nitrogens with zero attached hydrogens (tertiary/aromatic N) is 2. The van der Waals surface area contributed by atoms with E-state index in [0.29, 0.717) is 11.4 Å². The minimum absolute atomic E-state index is 0.502. The van der Waals surface area contributed by atoms with Gasteiger partial charge in [-0.2, -0.15) is 5.10 Å². The zero-order valence-corrected chi connectivity index (χ0v) is 6.78. The van der Waals surface area contributed by atoms with Gasteiger partial charge in [-0.05, 0) is 19.9 Å². The van der Waals surface area contributed by atoms with E-state index in [4.69, 9.17) is 5.11 Å². The molecule has 1 aromatic heterocycles. The topological polar surface area (TPSA) is 55.1 Å². The molecule has 1 atom stereocenters. The van der Waals surface area contributed by atoms with Crippen LogP contribution in [0.5, 0.6) is 0 Å². The predicted octanol–water partition coefficient (Wildman–Crippen LogP) is 1.05. The van der Waals surface area contributed by atoms with E-state index < -0.39 is 12.3 Å². The molecule has 0 spiro atoms. The molecular weight excluding hydrogens is 163 g/mol. The van der Waals surface area contributed by atoms with Crippen molar-refractivity contribution in [2.75, 3.05) is 0 Å². The zero-order chi connectivity index (χ0) is 9.30. The molecule has 4 nitrogen and oxygen atoms in total. The molecule has 1 heterocycles. The summed E-state index contributed by atoms with van der Waals surface area (Å²) in [5.41, 5.74) is 1.11. The fraction of sp³-hybridized carbons (Fsp3) is 0.429. The second-order valence-electron chi connectivity index (χ2n) is 2.55. The Labute approximate surface area is 68.6 Å². The van der Waals surface area contributed by atoms with E-state index >= 15 is 0 Å². The molecule has 66 valence electrons. The number of carbonyl (C=O) groups is 1. The highest BCUT2D eigenvalue weighted by Crippen LogP contribution is 2.11. The summed E-state index contributed by atoms with van der Waals surface area (Å²) in [7, 11) is 0. The molecule has 1 N–H and O–H groups in total. The van der Waals surface area contributed by atoms with Gasteiger partial charge in [0.2, 0.25) is 0 Å². The summed E-state index contributed by atoms with van der Waals surface area (Å²) < 4.78 is 13.7. The van der Waals surface area contributed by atoms with Gasteiger partial charge in [-0.15, -0.1) is 0 Å². The molecule has 0 aliphatic carbocycles. The average Bonchev–Trinajstić information content (AvgIpc) is 2.28. The first kappa shape index (κ1) is 8.70. The molecule has 0 bridgehead atoms. The van der Waals surface area contributed by atoms with Crippen molar-refractivity contribution in [2.24, 2.45) is 0 Å². The van der Waals surface area contributed by atoms with E-state index in [1.165, 1.54) is 0 Å². The second-order valence-corrected chi connectivity index (χ2v) is 2.55. The van der Waals surface area contributed by atoms with Gasteiger partial charge in [0, 0.05) is 5.69 Å². The lowest BCUT2D eigenvalue weighted by atomic mass is 10.4. The van der Waals surface area contributed by atoms with E-state index in [9.17, 15) is 9.18 Å². The molecule has 0 aliphatic heterocycles. The summed E-state index contributed by atoms with van der Waals surface area (Å²) in [4.78, 5) is 10.2. The highest BCUT2D eigenvalue weighted by molar-refractivity contribution is 5.70. The molecule has 0 aliphatic rings. The Morgan fingerprint density at radius 3 is 2.67 bits per heavy atom. The molecule has 0 fully saturated rings. The summed E-state index contributed by atoms with van der Waals surface area (Å²) in [6.45, 7) is 3.29. The first-order valence-electron chi connectivity index (χ1n) is 3.42. The smallest absolute Gasteiger partial charge is 0.361 e. The monoisotopic (exact) mass is 172 g/mol. The molecule has 1 rings (SSSR count). The fourth-order valence-corrected chi connectivity index (χ4v) is 0.980. The van der Waals surface area contributed by atoms with Crippen LogP contribution in [-0.4, -0.2) is 20.9 Å². The van der Waals surface area contributed by atoms with Gasteiger partial charge in [-0.3, -0.25) is 0 Å². The number of aliphatic carboxylic acids is 1. The molecule has 0 aromatic carbocycles. The standard InChI is InChI=1S/C7H9FN2O2/c1-4-3-5(2)10(9-4)6(8)7(11)12/h3,6H,1-2H3,(H,11,12). The van der Waals surface area contributed by atoms with E-state index in [1.807, 2.05) is 0 Å². The maximum atomic E-state index is 12.8. The number of carboxylic acids is 1. The van der Waals surface area contributed by atoms with Crippen molar-refractivity contribution < 1.29 is 14.3 Å². The van der Waals surface area contributed by atoms with Gasteiger partial charge in [0.25, 0.3) is 6.30 Å². The number of aromatic nitrogens is 2. The highest BCUT2D eigenvalue weighted by atomic mass is 19.1. The van der Waals surface area contributed by atoms with Crippen LogP contribution in [0.15, 0.2) is 6.07 Å². The van der Waals surface area contributed by atoms with Gasteiger partial charge in [-0.25, -0.2) is 13.9 Å². The normalized spacial score (nSPS) is 12.9. The van der Waals surface area contributed by atoms with Crippen LogP contribution in [0.2, 0.25) is 0 Å². The van der Waals surface area contributed by atoms with Crippen LogP contribution in [0.1, 0.15) is 17.7 Å². The van der Waals surface area contributed by atoms with Crippen molar-refractivity contribution in [1.29, 1.82) is 0 Å². The van der Waals surface area contributed by atoms with Gasteiger partial charge >= 0.3 is 5.97 Å². The van der Waals surface area contributed by atoms with Crippen LogP contribution >= 0.6 is 0 Å². The third-order valence-corrected chi connectivity index (χ3v) is 1.46. The summed E-state index contributed by atoms with van der Waals surface area (Å²) in [5, 5.41) is 12.0. The Balaban J connectivity index is 3.02. The van der Waals surface area contributed by atoms with E-state index in [-0.39, 0.29) is 0 Å². The van der Waals surface area contributed by atoms with Crippen molar-refractivity contribution in [1.82, 2.24) is 9.78 Å². The minimum atomic E-state index is -2.08. The number of alkyl halides is 1. The van der Waals surface area contributed by atoms with E-state index in [2.05, 4.69) is 5.10 Å². The molecular formula is C7H9FN2O2. The molecule has 1 unspecified atom stereocenters. The highest BCUT2D eigenvalue weighted by Gasteiger charge is 2.20. The van der Waals surface area contributed by atoms with Gasteiger partial charge in [0.15, 0.2) is 0 Å². The molecule has 0 radical (unpaired) electrons. The lowest BCUT2D eigenvalue weighted by molar-refractivity contribution is -0.147. The third kappa shape index (κ3) is 1.44. The quantitative estimate of drug-likeness (QED) is 0.725. The number of rotatable bonds is 2. The second kappa shape index (κ2) is 2.92. The first-order chi connectivity index (χ1) is 5.52. The zero-order valence-electron chi connectivity index (χ0n) is 6.78. The van der Waals surface area contributed by atoms with Crippen molar-refractivity contribution in [2.45, 2.75) is 20.1 Å². The van der Waals surface area contributed by atoms with Gasteiger partial charge in [0.05, 0.1) is 5.69 Å². The van der Waals surface area contributed by atoms with Crippen LogP contribution < -0.4 is 0 Å². The van der Waals surface area contributed by atoms with Crippen molar-refractivity contribution in [3.05, 3.63) is 17.5 Å². The molecule has 0 saturated heterocycles. The number of aryl methyl sites for hydroxylation is 2. The Kier molecular flexibility index (Phi) is 2.12. The van der Waals surface area contributed by atoms with Crippen LogP contribution in [0.25, 0.3) is 0 Å². The minimum Gasteiger partial charge on any atom is -0.478 e. The Bertz CT molecular complexity index is 308. The number of halogens is 1. The van der Waals surface area contributed by atoms with Gasteiger partial charge < -0.3 is 5.11 Å². The van der Waals surface area contributed by atoms with Crippen LogP contribution in [0, 0.1) is 13.8 Å². The Hall–Kier alpha value is -1.39. The largest absolute Gasteiger partial charge is 0.478 e. The van der Waals surface area contributed by atoms with Crippen molar-refractivity contribution in [3.63, 3.8) is 0 Å². The lowest BCUT2D eigenvalue weighted by Gasteiger charge is -2.04. The van der Waals surface area contributed by atoms with Gasteiger partial charge in [0.1, 0.15) is 0 Å². The van der Waals surface area contributed by atoms with E-state index in [1.54, 1.807) is 19.9 Å². The van der Waals surface area contributed by atoms with Crippen molar-refractivity contribution in [3.8, 4) is 0 Å². The van der Waals surface area contributed by atoms with Crippen LogP contribution in [0.3, 0.4) is 0 Å². The van der Waals surface area contributed by atoms with Gasteiger partial charge in [-0.1, -0.05) is 0 Å². The Morgan fingerprint density at radius 1 is 1.75 bits per heavy atom. The number of hydrogen-bond donors (Lipinski definition) is 1. The maximum absolute atomic E-state index is 12.8. The van der Waals surface area contributed by atoms with Crippen LogP contribution in [-0.2, 0) is 4.79 Å². The molecule has 0 amide bonds. The number of carboxylic acid groups (broad SMARTS) is 1. The number of hydrogen-bond acceptors (Lipinski definition) is 2. The molecule has 0 saturated carbocycles. The fourth-order valence-electron chi connectivity index (χ4n) is 0.980. The summed E-state index contributed by atoms with van der Waals surface area (Å²) in [6, 6.07) is 1.62. The Morgan fingerprint density at radius 2 is 2.33 bits per heavy atom. The summed E-state index contributed by atoms with van der Waals surface area (Å²) >= 11 is 0. The van der Waals surface area contributed by atoms with Crippen molar-refractivity contribution >= 4 is 5.97 Å². The van der Waals surface area contributed by atoms with Crippen LogP contribution in [0.4, 0.5) is 4.39 Å². The average molecular weight is 172 g/mol. The first-order valence-corrected chi connectivity index (χ1v) is 3.42. The lowest BCUT2D eigenvalue weighted by Crippen LogP contribution is -2.16. The molecule has 12 heavy (non-hydrogen) atoms. The third-order valence-electron chi connectivity index (χ3n) is 1.46. The summed E-state index contributed by atoms with van der Waals surface area (Å²) in [6.07, 6.45) is -2.08.